The van der Waals surface area contributed by atoms with E-state index >= 15 is 0 Å². The number of anilines is 1. The van der Waals surface area contributed by atoms with Gasteiger partial charge < -0.3 is 5.32 Å². The molecule has 134 valence electrons. The largest absolute Gasteiger partial charge is 0.323 e. The Morgan fingerprint density at radius 3 is 2.75 bits per heavy atom. The van der Waals surface area contributed by atoms with E-state index in [0.29, 0.717) is 29.6 Å². The molecule has 1 aromatic rings. The van der Waals surface area contributed by atoms with Crippen molar-refractivity contribution in [3.8, 4) is 0 Å². The van der Waals surface area contributed by atoms with Crippen LogP contribution in [0.1, 0.15) is 84.3 Å². The van der Waals surface area contributed by atoms with E-state index < -0.39 is 0 Å². The van der Waals surface area contributed by atoms with Crippen molar-refractivity contribution in [1.82, 2.24) is 9.78 Å². The average Bonchev–Trinajstić information content (AvgIpc) is 3.21. The van der Waals surface area contributed by atoms with E-state index in [2.05, 4.69) is 42.8 Å². The van der Waals surface area contributed by atoms with Crippen molar-refractivity contribution in [2.24, 2.45) is 17.3 Å². The van der Waals surface area contributed by atoms with Gasteiger partial charge in [-0.3, -0.25) is 9.48 Å². The van der Waals surface area contributed by atoms with E-state index in [0.717, 1.165) is 12.2 Å². The van der Waals surface area contributed by atoms with Gasteiger partial charge in [-0.2, -0.15) is 5.10 Å². The number of nitrogens with zero attached hydrogens (tertiary/aromatic N) is 2. The maximum atomic E-state index is 12.6. The lowest BCUT2D eigenvalue weighted by Gasteiger charge is -2.34. The van der Waals surface area contributed by atoms with Gasteiger partial charge in [0.05, 0.1) is 17.6 Å². The first-order valence-electron chi connectivity index (χ1n) is 9.69. The summed E-state index contributed by atoms with van der Waals surface area (Å²) in [6.45, 7) is 10.0. The summed E-state index contributed by atoms with van der Waals surface area (Å²) in [6.07, 6.45) is 9.87. The molecule has 1 heterocycles. The summed E-state index contributed by atoms with van der Waals surface area (Å²) in [5.41, 5.74) is 2.60. The van der Waals surface area contributed by atoms with Gasteiger partial charge in [-0.15, -0.1) is 0 Å². The molecule has 2 fully saturated rings. The van der Waals surface area contributed by atoms with Gasteiger partial charge in [-0.25, -0.2) is 0 Å². The van der Waals surface area contributed by atoms with Crippen molar-refractivity contribution >= 4 is 11.6 Å². The summed E-state index contributed by atoms with van der Waals surface area (Å²) < 4.78 is 2.11. The first kappa shape index (κ1) is 17.5. The van der Waals surface area contributed by atoms with Crippen molar-refractivity contribution in [2.75, 3.05) is 5.32 Å². The molecule has 3 rings (SSSR count). The van der Waals surface area contributed by atoms with Gasteiger partial charge in [0, 0.05) is 18.9 Å². The predicted octanol–water partition coefficient (Wildman–Crippen LogP) is 4.96. The van der Waals surface area contributed by atoms with Crippen LogP contribution in [0, 0.1) is 17.3 Å². The smallest absolute Gasteiger partial charge is 0.224 e. The first-order chi connectivity index (χ1) is 11.3. The Morgan fingerprint density at radius 2 is 2.12 bits per heavy atom. The SMILES string of the molecule is CC(C)Cn1ncc(NC(=O)CC2CCCC(C)(C)C2)c1C1CC1. The molecule has 0 aromatic carbocycles. The number of hydrogen-bond donors (Lipinski definition) is 1. The molecule has 4 heteroatoms. The Balaban J connectivity index is 1.63. The van der Waals surface area contributed by atoms with Crippen molar-refractivity contribution < 1.29 is 4.79 Å². The van der Waals surface area contributed by atoms with Gasteiger partial charge in [0.25, 0.3) is 0 Å². The number of nitrogens with one attached hydrogen (secondary N) is 1. The van der Waals surface area contributed by atoms with Crippen LogP contribution in [0.25, 0.3) is 0 Å². The first-order valence-corrected chi connectivity index (χ1v) is 9.69. The van der Waals surface area contributed by atoms with Gasteiger partial charge in [-0.1, -0.05) is 34.1 Å². The van der Waals surface area contributed by atoms with Gasteiger partial charge in [-0.05, 0) is 49.4 Å². The maximum absolute atomic E-state index is 12.6. The number of carbonyl (C=O) groups is 1. The number of amides is 1. The second kappa shape index (κ2) is 6.89. The van der Waals surface area contributed by atoms with Crippen LogP contribution in [0.15, 0.2) is 6.20 Å². The fourth-order valence-electron chi connectivity index (χ4n) is 4.26. The van der Waals surface area contributed by atoms with Crippen LogP contribution < -0.4 is 5.32 Å². The number of rotatable bonds is 6. The fourth-order valence-corrected chi connectivity index (χ4v) is 4.26. The van der Waals surface area contributed by atoms with Crippen molar-refractivity contribution in [1.29, 1.82) is 0 Å². The van der Waals surface area contributed by atoms with E-state index in [1.54, 1.807) is 0 Å². The molecule has 4 nitrogen and oxygen atoms in total. The molecular weight excluding hydrogens is 298 g/mol. The molecular formula is C20H33N3O. The van der Waals surface area contributed by atoms with Crippen LogP contribution in [-0.4, -0.2) is 15.7 Å². The minimum absolute atomic E-state index is 0.170. The van der Waals surface area contributed by atoms with E-state index in [9.17, 15) is 4.79 Å². The predicted molar refractivity (Wildman–Crippen MR) is 98.0 cm³/mol. The van der Waals surface area contributed by atoms with Crippen LogP contribution in [0.5, 0.6) is 0 Å². The lowest BCUT2D eigenvalue weighted by Crippen LogP contribution is -2.26. The third kappa shape index (κ3) is 4.40. The van der Waals surface area contributed by atoms with Gasteiger partial charge in [0.2, 0.25) is 5.91 Å². The van der Waals surface area contributed by atoms with E-state index in [-0.39, 0.29) is 5.91 Å². The molecule has 1 N–H and O–H groups in total. The summed E-state index contributed by atoms with van der Waals surface area (Å²) in [7, 11) is 0. The Kier molecular flexibility index (Phi) is 5.03. The molecule has 2 aliphatic rings. The zero-order valence-corrected chi connectivity index (χ0v) is 15.8. The molecule has 2 saturated carbocycles. The molecule has 1 unspecified atom stereocenters. The third-order valence-electron chi connectivity index (χ3n) is 5.44. The molecule has 0 bridgehead atoms. The summed E-state index contributed by atoms with van der Waals surface area (Å²) in [5, 5.41) is 7.72. The minimum Gasteiger partial charge on any atom is -0.323 e. The number of hydrogen-bond acceptors (Lipinski definition) is 2. The monoisotopic (exact) mass is 331 g/mol. The lowest BCUT2D eigenvalue weighted by molar-refractivity contribution is -0.117. The second-order valence-electron chi connectivity index (χ2n) is 9.17. The van der Waals surface area contributed by atoms with Crippen LogP contribution >= 0.6 is 0 Å². The second-order valence-corrected chi connectivity index (χ2v) is 9.17. The number of carbonyl (C=O) groups excluding carboxylic acids is 1. The zero-order chi connectivity index (χ0) is 17.3. The summed E-state index contributed by atoms with van der Waals surface area (Å²) in [5.74, 6) is 1.86. The third-order valence-corrected chi connectivity index (χ3v) is 5.44. The van der Waals surface area contributed by atoms with Gasteiger partial charge >= 0.3 is 0 Å². The molecule has 24 heavy (non-hydrogen) atoms. The van der Waals surface area contributed by atoms with Crippen molar-refractivity contribution in [3.05, 3.63) is 11.9 Å². The number of aromatic nitrogens is 2. The standard InChI is InChI=1S/C20H33N3O/c1-14(2)13-23-19(16-7-8-16)17(12-21-23)22-18(24)10-15-6-5-9-20(3,4)11-15/h12,14-16H,5-11,13H2,1-4H3,(H,22,24). The van der Waals surface area contributed by atoms with E-state index in [1.807, 2.05) is 6.20 Å². The normalized spacial score (nSPS) is 23.5. The fraction of sp³-hybridized carbons (Fsp3) is 0.800. The summed E-state index contributed by atoms with van der Waals surface area (Å²) in [4.78, 5) is 12.6. The van der Waals surface area contributed by atoms with Crippen molar-refractivity contribution in [2.45, 2.75) is 85.1 Å². The van der Waals surface area contributed by atoms with Crippen LogP contribution in [0.4, 0.5) is 5.69 Å². The Bertz CT molecular complexity index is 584. The zero-order valence-electron chi connectivity index (χ0n) is 15.8. The molecule has 0 spiro atoms. The summed E-state index contributed by atoms with van der Waals surface area (Å²) in [6, 6.07) is 0. The van der Waals surface area contributed by atoms with E-state index in [4.69, 9.17) is 0 Å². The molecule has 1 aromatic heterocycles. The quantitative estimate of drug-likeness (QED) is 0.800. The Hall–Kier alpha value is -1.32. The Morgan fingerprint density at radius 1 is 1.38 bits per heavy atom. The van der Waals surface area contributed by atoms with Gasteiger partial charge in [0.15, 0.2) is 0 Å². The highest BCUT2D eigenvalue weighted by molar-refractivity contribution is 5.91. The molecule has 1 atom stereocenters. The van der Waals surface area contributed by atoms with Crippen LogP contribution in [0.2, 0.25) is 0 Å². The van der Waals surface area contributed by atoms with Gasteiger partial charge in [0.1, 0.15) is 0 Å². The van der Waals surface area contributed by atoms with Crippen LogP contribution in [-0.2, 0) is 11.3 Å². The molecule has 2 aliphatic carbocycles. The highest BCUT2D eigenvalue weighted by Crippen LogP contribution is 2.44. The molecule has 0 saturated heterocycles. The van der Waals surface area contributed by atoms with E-state index in [1.165, 1.54) is 44.2 Å². The van der Waals surface area contributed by atoms with Crippen LogP contribution in [0.3, 0.4) is 0 Å². The average molecular weight is 332 g/mol. The lowest BCUT2D eigenvalue weighted by atomic mass is 9.71. The maximum Gasteiger partial charge on any atom is 0.224 e. The molecule has 1 amide bonds. The minimum atomic E-state index is 0.170. The Labute approximate surface area is 146 Å². The summed E-state index contributed by atoms with van der Waals surface area (Å²) >= 11 is 0. The molecule has 0 radical (unpaired) electrons. The topological polar surface area (TPSA) is 46.9 Å². The molecule has 0 aliphatic heterocycles. The highest BCUT2D eigenvalue weighted by Gasteiger charge is 2.32. The van der Waals surface area contributed by atoms with Crippen molar-refractivity contribution in [3.63, 3.8) is 0 Å². The highest BCUT2D eigenvalue weighted by atomic mass is 16.1.